The standard InChI is InChI=1S/C17H37NO/c1-5-7-8-9-10-11-12-13-17(3,6-2)16-18-14-15-19-4/h18H,5-16H2,1-4H3. The number of ether oxygens (including phenoxy) is 1. The van der Waals surface area contributed by atoms with Crippen LogP contribution in [-0.2, 0) is 4.74 Å². The molecular formula is C17H37NO. The van der Waals surface area contributed by atoms with E-state index < -0.39 is 0 Å². The lowest BCUT2D eigenvalue weighted by molar-refractivity contribution is 0.188. The van der Waals surface area contributed by atoms with Gasteiger partial charge in [0.05, 0.1) is 6.61 Å². The SMILES string of the molecule is CCCCCCCCCC(C)(CC)CNCCOC. The lowest BCUT2D eigenvalue weighted by Gasteiger charge is -2.28. The Morgan fingerprint density at radius 2 is 1.58 bits per heavy atom. The topological polar surface area (TPSA) is 21.3 Å². The second-order valence-corrected chi connectivity index (χ2v) is 6.21. The first-order valence-electron chi connectivity index (χ1n) is 8.38. The van der Waals surface area contributed by atoms with Gasteiger partial charge in [0, 0.05) is 20.2 Å². The second kappa shape index (κ2) is 12.9. The highest BCUT2D eigenvalue weighted by Crippen LogP contribution is 2.27. The minimum atomic E-state index is 0.469. The zero-order valence-corrected chi connectivity index (χ0v) is 13.9. The Hall–Kier alpha value is -0.0800. The van der Waals surface area contributed by atoms with E-state index in [0.29, 0.717) is 5.41 Å². The molecule has 0 spiro atoms. The Morgan fingerprint density at radius 3 is 2.16 bits per heavy atom. The second-order valence-electron chi connectivity index (χ2n) is 6.21. The van der Waals surface area contributed by atoms with Gasteiger partial charge in [-0.15, -0.1) is 0 Å². The van der Waals surface area contributed by atoms with Crippen LogP contribution in [0.3, 0.4) is 0 Å². The predicted octanol–water partition coefficient (Wildman–Crippen LogP) is 4.78. The first kappa shape index (κ1) is 18.9. The van der Waals surface area contributed by atoms with Crippen molar-refractivity contribution in [2.24, 2.45) is 5.41 Å². The van der Waals surface area contributed by atoms with E-state index in [1.807, 2.05) is 0 Å². The lowest BCUT2D eigenvalue weighted by atomic mass is 9.82. The molecule has 0 fully saturated rings. The monoisotopic (exact) mass is 271 g/mol. The summed E-state index contributed by atoms with van der Waals surface area (Å²) in [6.45, 7) is 9.94. The van der Waals surface area contributed by atoms with Gasteiger partial charge in [-0.1, -0.05) is 65.7 Å². The van der Waals surface area contributed by atoms with E-state index in [1.165, 1.54) is 57.8 Å². The van der Waals surface area contributed by atoms with E-state index >= 15 is 0 Å². The van der Waals surface area contributed by atoms with Crippen molar-refractivity contribution in [3.05, 3.63) is 0 Å². The summed E-state index contributed by atoms with van der Waals surface area (Å²) in [7, 11) is 1.76. The molecule has 0 saturated carbocycles. The van der Waals surface area contributed by atoms with Crippen LogP contribution in [0.1, 0.15) is 78.6 Å². The molecule has 1 N–H and O–H groups in total. The van der Waals surface area contributed by atoms with Gasteiger partial charge in [0.1, 0.15) is 0 Å². The third kappa shape index (κ3) is 11.4. The highest BCUT2D eigenvalue weighted by molar-refractivity contribution is 4.75. The number of hydrogen-bond donors (Lipinski definition) is 1. The molecule has 0 heterocycles. The molecule has 0 aromatic carbocycles. The average molecular weight is 271 g/mol. The Morgan fingerprint density at radius 1 is 0.947 bits per heavy atom. The van der Waals surface area contributed by atoms with Gasteiger partial charge in [0.15, 0.2) is 0 Å². The molecule has 0 radical (unpaired) electrons. The molecule has 0 saturated heterocycles. The Balaban J connectivity index is 3.55. The van der Waals surface area contributed by atoms with Crippen LogP contribution in [0.25, 0.3) is 0 Å². The van der Waals surface area contributed by atoms with Crippen LogP contribution >= 0.6 is 0 Å². The van der Waals surface area contributed by atoms with Gasteiger partial charge in [0.2, 0.25) is 0 Å². The normalized spacial score (nSPS) is 14.5. The van der Waals surface area contributed by atoms with E-state index in [-0.39, 0.29) is 0 Å². The number of unbranched alkanes of at least 4 members (excludes halogenated alkanes) is 6. The van der Waals surface area contributed by atoms with Crippen LogP contribution in [-0.4, -0.2) is 26.8 Å². The highest BCUT2D eigenvalue weighted by atomic mass is 16.5. The molecular weight excluding hydrogens is 234 g/mol. The van der Waals surface area contributed by atoms with E-state index in [0.717, 1.165) is 19.7 Å². The van der Waals surface area contributed by atoms with Crippen molar-refractivity contribution < 1.29 is 4.74 Å². The molecule has 0 aliphatic carbocycles. The molecule has 1 atom stereocenters. The van der Waals surface area contributed by atoms with Crippen molar-refractivity contribution in [1.29, 1.82) is 0 Å². The van der Waals surface area contributed by atoms with Crippen LogP contribution in [0, 0.1) is 5.41 Å². The molecule has 116 valence electrons. The number of methoxy groups -OCH3 is 1. The minimum Gasteiger partial charge on any atom is -0.383 e. The van der Waals surface area contributed by atoms with Crippen molar-refractivity contribution in [3.8, 4) is 0 Å². The zero-order chi connectivity index (χ0) is 14.4. The fourth-order valence-electron chi connectivity index (χ4n) is 2.46. The maximum atomic E-state index is 5.07. The van der Waals surface area contributed by atoms with Crippen LogP contribution in [0.2, 0.25) is 0 Å². The maximum Gasteiger partial charge on any atom is 0.0587 e. The van der Waals surface area contributed by atoms with Crippen LogP contribution in [0.15, 0.2) is 0 Å². The molecule has 0 amide bonds. The summed E-state index contributed by atoms with van der Waals surface area (Å²) in [4.78, 5) is 0. The number of hydrogen-bond acceptors (Lipinski definition) is 2. The van der Waals surface area contributed by atoms with Crippen molar-refractivity contribution in [3.63, 3.8) is 0 Å². The van der Waals surface area contributed by atoms with E-state index in [1.54, 1.807) is 7.11 Å². The predicted molar refractivity (Wildman–Crippen MR) is 85.8 cm³/mol. The highest BCUT2D eigenvalue weighted by Gasteiger charge is 2.20. The van der Waals surface area contributed by atoms with Gasteiger partial charge in [-0.25, -0.2) is 0 Å². The Bertz CT molecular complexity index is 184. The van der Waals surface area contributed by atoms with E-state index in [4.69, 9.17) is 4.74 Å². The summed E-state index contributed by atoms with van der Waals surface area (Å²) in [5, 5.41) is 3.52. The van der Waals surface area contributed by atoms with Crippen LogP contribution in [0.5, 0.6) is 0 Å². The van der Waals surface area contributed by atoms with Gasteiger partial charge < -0.3 is 10.1 Å². The van der Waals surface area contributed by atoms with Gasteiger partial charge in [0.25, 0.3) is 0 Å². The molecule has 0 aromatic heterocycles. The Labute approximate surface area is 121 Å². The van der Waals surface area contributed by atoms with E-state index in [2.05, 4.69) is 26.1 Å². The zero-order valence-electron chi connectivity index (χ0n) is 13.9. The van der Waals surface area contributed by atoms with Crippen LogP contribution in [0.4, 0.5) is 0 Å². The molecule has 0 aromatic rings. The summed E-state index contributed by atoms with van der Waals surface area (Å²) in [5.74, 6) is 0. The molecule has 2 heteroatoms. The van der Waals surface area contributed by atoms with Crippen molar-refractivity contribution in [2.75, 3.05) is 26.8 Å². The fraction of sp³-hybridized carbons (Fsp3) is 1.00. The lowest BCUT2D eigenvalue weighted by Crippen LogP contribution is -2.33. The van der Waals surface area contributed by atoms with Crippen LogP contribution < -0.4 is 5.32 Å². The van der Waals surface area contributed by atoms with Crippen molar-refractivity contribution >= 4 is 0 Å². The third-order valence-electron chi connectivity index (χ3n) is 4.27. The first-order valence-corrected chi connectivity index (χ1v) is 8.38. The van der Waals surface area contributed by atoms with Gasteiger partial charge in [-0.05, 0) is 18.3 Å². The molecule has 1 unspecified atom stereocenters. The quantitative estimate of drug-likeness (QED) is 0.459. The largest absolute Gasteiger partial charge is 0.383 e. The van der Waals surface area contributed by atoms with Crippen molar-refractivity contribution in [2.45, 2.75) is 78.6 Å². The molecule has 2 nitrogen and oxygen atoms in total. The first-order chi connectivity index (χ1) is 9.18. The average Bonchev–Trinajstić information content (AvgIpc) is 2.43. The summed E-state index contributed by atoms with van der Waals surface area (Å²) < 4.78 is 5.07. The molecule has 0 rings (SSSR count). The van der Waals surface area contributed by atoms with Crippen molar-refractivity contribution in [1.82, 2.24) is 5.32 Å². The molecule has 0 aliphatic heterocycles. The van der Waals surface area contributed by atoms with Gasteiger partial charge in [-0.2, -0.15) is 0 Å². The third-order valence-corrected chi connectivity index (χ3v) is 4.27. The molecule has 0 aliphatic rings. The number of nitrogens with one attached hydrogen (secondary N) is 1. The Kier molecular flexibility index (Phi) is 12.9. The summed E-state index contributed by atoms with van der Waals surface area (Å²) in [6.07, 6.45) is 12.5. The molecule has 0 bridgehead atoms. The van der Waals surface area contributed by atoms with E-state index in [9.17, 15) is 0 Å². The summed E-state index contributed by atoms with van der Waals surface area (Å²) >= 11 is 0. The van der Waals surface area contributed by atoms with Gasteiger partial charge >= 0.3 is 0 Å². The summed E-state index contributed by atoms with van der Waals surface area (Å²) in [5.41, 5.74) is 0.469. The smallest absolute Gasteiger partial charge is 0.0587 e. The molecule has 19 heavy (non-hydrogen) atoms. The summed E-state index contributed by atoms with van der Waals surface area (Å²) in [6, 6.07) is 0. The number of rotatable bonds is 14. The fourth-order valence-corrected chi connectivity index (χ4v) is 2.46. The van der Waals surface area contributed by atoms with Gasteiger partial charge in [-0.3, -0.25) is 0 Å². The maximum absolute atomic E-state index is 5.07. The minimum absolute atomic E-state index is 0.469.